The highest BCUT2D eigenvalue weighted by Crippen LogP contribution is 2.35. The van der Waals surface area contributed by atoms with Crippen molar-refractivity contribution in [3.05, 3.63) is 53.6 Å². The third kappa shape index (κ3) is 6.60. The highest BCUT2D eigenvalue weighted by Gasteiger charge is 2.36. The first-order valence-electron chi connectivity index (χ1n) is 12.7. The lowest BCUT2D eigenvalue weighted by Crippen LogP contribution is -2.51. The van der Waals surface area contributed by atoms with Gasteiger partial charge in [-0.1, -0.05) is 18.2 Å². The Morgan fingerprint density at radius 3 is 2.70 bits per heavy atom. The molecular formula is C28H36N2O7. The van der Waals surface area contributed by atoms with E-state index < -0.39 is 0 Å². The highest BCUT2D eigenvalue weighted by molar-refractivity contribution is 5.97. The van der Waals surface area contributed by atoms with E-state index in [-0.39, 0.29) is 36.5 Å². The summed E-state index contributed by atoms with van der Waals surface area (Å²) in [5.41, 5.74) is 2.77. The molecule has 9 heteroatoms. The second-order valence-electron chi connectivity index (χ2n) is 9.16. The van der Waals surface area contributed by atoms with Crippen LogP contribution in [-0.4, -0.2) is 71.2 Å². The van der Waals surface area contributed by atoms with E-state index in [0.717, 1.165) is 29.0 Å². The zero-order valence-electron chi connectivity index (χ0n) is 21.7. The zero-order chi connectivity index (χ0) is 26.2. The number of nitrogens with one attached hydrogen (secondary N) is 1. The van der Waals surface area contributed by atoms with Crippen molar-refractivity contribution in [2.24, 2.45) is 0 Å². The molecule has 0 aromatic heterocycles. The minimum atomic E-state index is -0.389. The van der Waals surface area contributed by atoms with Crippen LogP contribution in [0.5, 0.6) is 11.5 Å². The first-order chi connectivity index (χ1) is 18.0. The third-order valence-corrected chi connectivity index (χ3v) is 6.78. The number of benzene rings is 2. The van der Waals surface area contributed by atoms with Gasteiger partial charge in [0.05, 0.1) is 32.1 Å². The number of fused-ring (bicyclic) bond motifs is 1. The third-order valence-electron chi connectivity index (χ3n) is 6.78. The van der Waals surface area contributed by atoms with Gasteiger partial charge in [-0.15, -0.1) is 0 Å². The number of carbonyl (C=O) groups excluding carboxylic acids is 2. The molecule has 1 fully saturated rings. The van der Waals surface area contributed by atoms with E-state index in [1.807, 2.05) is 49.4 Å². The van der Waals surface area contributed by atoms with Crippen LogP contribution < -0.4 is 19.7 Å². The predicted molar refractivity (Wildman–Crippen MR) is 138 cm³/mol. The smallest absolute Gasteiger partial charge is 0.323 e. The van der Waals surface area contributed by atoms with Gasteiger partial charge in [0.1, 0.15) is 17.5 Å². The molecule has 2 aliphatic heterocycles. The van der Waals surface area contributed by atoms with Gasteiger partial charge in [0.15, 0.2) is 6.61 Å². The van der Waals surface area contributed by atoms with Crippen molar-refractivity contribution in [3.8, 4) is 11.5 Å². The zero-order valence-corrected chi connectivity index (χ0v) is 21.7. The normalized spacial score (nSPS) is 21.2. The van der Waals surface area contributed by atoms with Gasteiger partial charge in [-0.2, -0.15) is 0 Å². The van der Waals surface area contributed by atoms with E-state index >= 15 is 0 Å². The number of ether oxygens (including phenoxy) is 5. The Morgan fingerprint density at radius 2 is 1.97 bits per heavy atom. The molecular weight excluding hydrogens is 476 g/mol. The molecule has 0 unspecified atom stereocenters. The Hall–Kier alpha value is -3.14. The average molecular weight is 513 g/mol. The van der Waals surface area contributed by atoms with Crippen LogP contribution >= 0.6 is 0 Å². The molecule has 2 aromatic carbocycles. The van der Waals surface area contributed by atoms with Crippen LogP contribution in [0, 0.1) is 0 Å². The quantitative estimate of drug-likeness (QED) is 0.363. The van der Waals surface area contributed by atoms with Crippen molar-refractivity contribution < 1.29 is 33.3 Å². The molecule has 4 rings (SSSR count). The molecule has 37 heavy (non-hydrogen) atoms. The van der Waals surface area contributed by atoms with Crippen molar-refractivity contribution in [1.29, 1.82) is 0 Å². The summed E-state index contributed by atoms with van der Waals surface area (Å²) in [7, 11) is 3.29. The van der Waals surface area contributed by atoms with Crippen LogP contribution in [0.15, 0.2) is 42.5 Å². The molecule has 9 nitrogen and oxygen atoms in total. The van der Waals surface area contributed by atoms with Crippen molar-refractivity contribution >= 4 is 17.6 Å². The molecule has 2 aliphatic rings. The SMILES string of the molecule is CCOC(=O)[C@@H]1C[C@H](c2ccc(OC)cc2)[C@@H](OCc2ccc3c(c2)N(CCCOC)C(=O)CO3)CN1. The van der Waals surface area contributed by atoms with E-state index in [2.05, 4.69) is 5.32 Å². The van der Waals surface area contributed by atoms with Crippen molar-refractivity contribution in [2.75, 3.05) is 52.0 Å². The largest absolute Gasteiger partial charge is 0.497 e. The minimum absolute atomic E-state index is 0.00496. The molecule has 0 aliphatic carbocycles. The topological polar surface area (TPSA) is 95.6 Å². The number of hydrogen-bond acceptors (Lipinski definition) is 8. The molecule has 0 bridgehead atoms. The molecule has 200 valence electrons. The van der Waals surface area contributed by atoms with Crippen LogP contribution in [0.25, 0.3) is 0 Å². The number of hydrogen-bond donors (Lipinski definition) is 1. The van der Waals surface area contributed by atoms with Crippen LogP contribution in [0.1, 0.15) is 36.8 Å². The van der Waals surface area contributed by atoms with Gasteiger partial charge in [0, 0.05) is 32.7 Å². The summed E-state index contributed by atoms with van der Waals surface area (Å²) in [5.74, 6) is 1.15. The van der Waals surface area contributed by atoms with E-state index in [1.54, 1.807) is 19.1 Å². The van der Waals surface area contributed by atoms with Gasteiger partial charge in [-0.25, -0.2) is 0 Å². The highest BCUT2D eigenvalue weighted by atomic mass is 16.5. The summed E-state index contributed by atoms with van der Waals surface area (Å²) in [6, 6.07) is 13.3. The number of anilines is 1. The Bertz CT molecular complexity index is 1060. The molecule has 1 amide bonds. The number of nitrogens with zero attached hydrogens (tertiary/aromatic N) is 1. The van der Waals surface area contributed by atoms with Crippen LogP contribution in [0.3, 0.4) is 0 Å². The maximum atomic E-state index is 12.5. The standard InChI is InChI=1S/C28H36N2O7/c1-4-35-28(32)23-15-22(20-7-9-21(34-3)10-8-20)26(16-29-23)36-17-19-6-11-25-24(14-19)30(12-5-13-33-2)27(31)18-37-25/h6-11,14,22-23,26,29H,4-5,12-13,15-18H2,1-3H3/t22-,23+,26+/m1/s1. The van der Waals surface area contributed by atoms with Gasteiger partial charge >= 0.3 is 5.97 Å². The lowest BCUT2D eigenvalue weighted by molar-refractivity contribution is -0.147. The van der Waals surface area contributed by atoms with E-state index in [9.17, 15) is 9.59 Å². The molecule has 2 aromatic rings. The summed E-state index contributed by atoms with van der Waals surface area (Å²) < 4.78 is 27.8. The van der Waals surface area contributed by atoms with Gasteiger partial charge in [-0.05, 0) is 55.2 Å². The number of amides is 1. The fourth-order valence-corrected chi connectivity index (χ4v) is 4.84. The van der Waals surface area contributed by atoms with E-state index in [0.29, 0.717) is 45.1 Å². The Morgan fingerprint density at radius 1 is 1.16 bits per heavy atom. The van der Waals surface area contributed by atoms with Crippen molar-refractivity contribution in [2.45, 2.75) is 44.4 Å². The average Bonchev–Trinajstić information content (AvgIpc) is 2.93. The van der Waals surface area contributed by atoms with Crippen molar-refractivity contribution in [3.63, 3.8) is 0 Å². The maximum absolute atomic E-state index is 12.5. The lowest BCUT2D eigenvalue weighted by Gasteiger charge is -2.36. The predicted octanol–water partition coefficient (Wildman–Crippen LogP) is 3.05. The molecule has 0 spiro atoms. The summed E-state index contributed by atoms with van der Waals surface area (Å²) in [4.78, 5) is 26.7. The van der Waals surface area contributed by atoms with E-state index in [1.165, 1.54) is 0 Å². The number of methoxy groups -OCH3 is 2. The molecule has 1 N–H and O–H groups in total. The number of piperidine rings is 1. The minimum Gasteiger partial charge on any atom is -0.497 e. The van der Waals surface area contributed by atoms with Gasteiger partial charge in [0.2, 0.25) is 0 Å². The second-order valence-corrected chi connectivity index (χ2v) is 9.16. The first kappa shape index (κ1) is 26.9. The lowest BCUT2D eigenvalue weighted by atomic mass is 9.84. The Labute approximate surface area is 218 Å². The number of carbonyl (C=O) groups is 2. The summed E-state index contributed by atoms with van der Waals surface area (Å²) in [5, 5.41) is 3.29. The van der Waals surface area contributed by atoms with Gasteiger partial charge in [-0.3, -0.25) is 9.59 Å². The molecule has 3 atom stereocenters. The summed E-state index contributed by atoms with van der Waals surface area (Å²) in [6.07, 6.45) is 1.14. The number of esters is 1. The van der Waals surface area contributed by atoms with E-state index in [4.69, 9.17) is 23.7 Å². The fraction of sp³-hybridized carbons (Fsp3) is 0.500. The molecule has 0 radical (unpaired) electrons. The van der Waals surface area contributed by atoms with Crippen LogP contribution in [-0.2, 0) is 30.4 Å². The summed E-state index contributed by atoms with van der Waals surface area (Å²) in [6.45, 7) is 4.20. The van der Waals surface area contributed by atoms with Crippen LogP contribution in [0.2, 0.25) is 0 Å². The number of rotatable bonds is 11. The fourth-order valence-electron chi connectivity index (χ4n) is 4.84. The van der Waals surface area contributed by atoms with Crippen LogP contribution in [0.4, 0.5) is 5.69 Å². The second kappa shape index (κ2) is 12.9. The monoisotopic (exact) mass is 512 g/mol. The van der Waals surface area contributed by atoms with Gasteiger partial charge < -0.3 is 33.9 Å². The molecule has 2 heterocycles. The molecule has 0 saturated carbocycles. The Kier molecular flexibility index (Phi) is 9.38. The summed E-state index contributed by atoms with van der Waals surface area (Å²) >= 11 is 0. The first-order valence-corrected chi connectivity index (χ1v) is 12.7. The maximum Gasteiger partial charge on any atom is 0.323 e. The van der Waals surface area contributed by atoms with Crippen molar-refractivity contribution in [1.82, 2.24) is 5.32 Å². The molecule has 1 saturated heterocycles. The Balaban J connectivity index is 1.49. The van der Waals surface area contributed by atoms with Gasteiger partial charge in [0.25, 0.3) is 5.91 Å².